The predicted molar refractivity (Wildman–Crippen MR) is 76.7 cm³/mol. The molecule has 2 aromatic carbocycles. The van der Waals surface area contributed by atoms with E-state index in [0.717, 1.165) is 0 Å². The predicted octanol–water partition coefficient (Wildman–Crippen LogP) is 4.31. The molecule has 0 radical (unpaired) electrons. The zero-order valence-electron chi connectivity index (χ0n) is 10.1. The third kappa shape index (κ3) is 3.55. The molecule has 0 aromatic heterocycles. The van der Waals surface area contributed by atoms with Gasteiger partial charge in [0.25, 0.3) is 5.91 Å². The summed E-state index contributed by atoms with van der Waals surface area (Å²) in [7, 11) is 0. The average Bonchev–Trinajstić information content (AvgIpc) is 2.40. The highest BCUT2D eigenvalue weighted by atomic mass is 79.9. The second kappa shape index (κ2) is 6.33. The van der Waals surface area contributed by atoms with E-state index in [1.807, 2.05) is 0 Å². The third-order valence-corrected chi connectivity index (χ3v) is 3.56. The van der Waals surface area contributed by atoms with Crippen molar-refractivity contribution in [3.05, 3.63) is 68.7 Å². The minimum Gasteiger partial charge on any atom is -0.348 e. The fourth-order valence-electron chi connectivity index (χ4n) is 1.60. The quantitative estimate of drug-likeness (QED) is 0.868. The van der Waals surface area contributed by atoms with Gasteiger partial charge in [0.05, 0.1) is 10.6 Å². The Morgan fingerprint density at radius 1 is 1.20 bits per heavy atom. The van der Waals surface area contributed by atoms with Gasteiger partial charge >= 0.3 is 0 Å². The van der Waals surface area contributed by atoms with E-state index in [1.165, 1.54) is 36.4 Å². The summed E-state index contributed by atoms with van der Waals surface area (Å²) < 4.78 is 26.3. The standard InChI is InChI=1S/C14H9BrClF2NO/c15-11-6-9(17)2-3-10(11)14(20)19-7-8-1-4-13(18)12(16)5-8/h1-6H,7H2,(H,19,20). The number of hydrogen-bond acceptors (Lipinski definition) is 1. The molecule has 0 bridgehead atoms. The molecule has 1 amide bonds. The first-order chi connectivity index (χ1) is 9.47. The number of nitrogens with one attached hydrogen (secondary N) is 1. The van der Waals surface area contributed by atoms with Gasteiger partial charge in [0.1, 0.15) is 11.6 Å². The monoisotopic (exact) mass is 359 g/mol. The van der Waals surface area contributed by atoms with Crippen LogP contribution in [0.4, 0.5) is 8.78 Å². The number of amides is 1. The van der Waals surface area contributed by atoms with Crippen LogP contribution >= 0.6 is 27.5 Å². The average molecular weight is 361 g/mol. The molecule has 20 heavy (non-hydrogen) atoms. The van der Waals surface area contributed by atoms with Crippen LogP contribution in [0.5, 0.6) is 0 Å². The molecule has 0 spiro atoms. The highest BCUT2D eigenvalue weighted by Gasteiger charge is 2.10. The van der Waals surface area contributed by atoms with Gasteiger partial charge in [-0.1, -0.05) is 17.7 Å². The fourth-order valence-corrected chi connectivity index (χ4v) is 2.33. The van der Waals surface area contributed by atoms with Crippen LogP contribution in [0.2, 0.25) is 5.02 Å². The maximum Gasteiger partial charge on any atom is 0.252 e. The molecule has 0 fully saturated rings. The first-order valence-corrected chi connectivity index (χ1v) is 6.81. The second-order valence-corrected chi connectivity index (χ2v) is 5.32. The van der Waals surface area contributed by atoms with Crippen molar-refractivity contribution in [1.82, 2.24) is 5.32 Å². The summed E-state index contributed by atoms with van der Waals surface area (Å²) in [5, 5.41) is 2.65. The lowest BCUT2D eigenvalue weighted by Gasteiger charge is -2.07. The molecule has 0 unspecified atom stereocenters. The normalized spacial score (nSPS) is 10.4. The van der Waals surface area contributed by atoms with Crippen LogP contribution in [-0.2, 0) is 6.54 Å². The van der Waals surface area contributed by atoms with E-state index < -0.39 is 11.6 Å². The van der Waals surface area contributed by atoms with Crippen LogP contribution in [0.1, 0.15) is 15.9 Å². The van der Waals surface area contributed by atoms with Crippen LogP contribution in [0, 0.1) is 11.6 Å². The zero-order valence-corrected chi connectivity index (χ0v) is 12.4. The molecule has 2 aromatic rings. The Kier molecular flexibility index (Phi) is 4.73. The van der Waals surface area contributed by atoms with Gasteiger partial charge in [-0.05, 0) is 51.8 Å². The van der Waals surface area contributed by atoms with Crippen LogP contribution in [0.15, 0.2) is 40.9 Å². The maximum atomic E-state index is 13.0. The van der Waals surface area contributed by atoms with E-state index in [2.05, 4.69) is 21.2 Å². The molecule has 0 atom stereocenters. The Bertz CT molecular complexity index is 664. The first-order valence-electron chi connectivity index (χ1n) is 5.64. The van der Waals surface area contributed by atoms with E-state index in [4.69, 9.17) is 11.6 Å². The van der Waals surface area contributed by atoms with E-state index >= 15 is 0 Å². The van der Waals surface area contributed by atoms with Crippen LogP contribution in [0.3, 0.4) is 0 Å². The van der Waals surface area contributed by atoms with Crippen molar-refractivity contribution in [3.63, 3.8) is 0 Å². The Labute approximate surface area is 127 Å². The lowest BCUT2D eigenvalue weighted by molar-refractivity contribution is 0.0950. The SMILES string of the molecule is O=C(NCc1ccc(F)c(Cl)c1)c1ccc(F)cc1Br. The van der Waals surface area contributed by atoms with Crippen LogP contribution in [0.25, 0.3) is 0 Å². The molecule has 0 saturated heterocycles. The Morgan fingerprint density at radius 2 is 1.95 bits per heavy atom. The molecule has 0 aliphatic carbocycles. The van der Waals surface area contributed by atoms with Crippen molar-refractivity contribution in [2.45, 2.75) is 6.54 Å². The number of benzene rings is 2. The van der Waals surface area contributed by atoms with Gasteiger partial charge in [-0.2, -0.15) is 0 Å². The van der Waals surface area contributed by atoms with Crippen molar-refractivity contribution in [1.29, 1.82) is 0 Å². The summed E-state index contributed by atoms with van der Waals surface area (Å²) in [6.45, 7) is 0.197. The number of halogens is 4. The molecule has 0 aliphatic rings. The molecular weight excluding hydrogens is 352 g/mol. The topological polar surface area (TPSA) is 29.1 Å². The summed E-state index contributed by atoms with van der Waals surface area (Å²) >= 11 is 8.78. The van der Waals surface area contributed by atoms with Gasteiger partial charge in [-0.15, -0.1) is 0 Å². The minimum absolute atomic E-state index is 0.000267. The van der Waals surface area contributed by atoms with Crippen molar-refractivity contribution in [2.24, 2.45) is 0 Å². The van der Waals surface area contributed by atoms with E-state index in [-0.39, 0.29) is 17.5 Å². The number of carbonyl (C=O) groups is 1. The third-order valence-electron chi connectivity index (χ3n) is 2.61. The summed E-state index contributed by atoms with van der Waals surface area (Å²) in [6.07, 6.45) is 0. The summed E-state index contributed by atoms with van der Waals surface area (Å²) in [5.74, 6) is -1.31. The van der Waals surface area contributed by atoms with E-state index in [9.17, 15) is 13.6 Å². The van der Waals surface area contributed by atoms with E-state index in [1.54, 1.807) is 0 Å². The van der Waals surface area contributed by atoms with Crippen molar-refractivity contribution < 1.29 is 13.6 Å². The number of rotatable bonds is 3. The summed E-state index contributed by atoms with van der Waals surface area (Å²) in [5.41, 5.74) is 0.989. The Morgan fingerprint density at radius 3 is 2.60 bits per heavy atom. The molecule has 2 rings (SSSR count). The van der Waals surface area contributed by atoms with Gasteiger partial charge < -0.3 is 5.32 Å². The van der Waals surface area contributed by atoms with Gasteiger partial charge in [-0.25, -0.2) is 8.78 Å². The van der Waals surface area contributed by atoms with Gasteiger partial charge in [-0.3, -0.25) is 4.79 Å². The molecule has 104 valence electrons. The lowest BCUT2D eigenvalue weighted by atomic mass is 10.2. The largest absolute Gasteiger partial charge is 0.348 e. The molecular formula is C14H9BrClF2NO. The molecule has 1 N–H and O–H groups in total. The molecule has 0 aliphatic heterocycles. The molecule has 0 saturated carbocycles. The highest BCUT2D eigenvalue weighted by Crippen LogP contribution is 2.19. The minimum atomic E-state index is -0.511. The van der Waals surface area contributed by atoms with Gasteiger partial charge in [0.15, 0.2) is 0 Å². The van der Waals surface area contributed by atoms with Crippen LogP contribution in [-0.4, -0.2) is 5.91 Å². The smallest absolute Gasteiger partial charge is 0.252 e. The van der Waals surface area contributed by atoms with Crippen molar-refractivity contribution in [3.8, 4) is 0 Å². The molecule has 0 heterocycles. The van der Waals surface area contributed by atoms with E-state index in [0.29, 0.717) is 15.6 Å². The van der Waals surface area contributed by atoms with Gasteiger partial charge in [0, 0.05) is 11.0 Å². The zero-order chi connectivity index (χ0) is 14.7. The second-order valence-electron chi connectivity index (χ2n) is 4.06. The van der Waals surface area contributed by atoms with Crippen molar-refractivity contribution >= 4 is 33.4 Å². The lowest BCUT2D eigenvalue weighted by Crippen LogP contribution is -2.23. The first kappa shape index (κ1) is 14.9. The number of carbonyl (C=O) groups excluding carboxylic acids is 1. The maximum absolute atomic E-state index is 13.0. The van der Waals surface area contributed by atoms with Crippen molar-refractivity contribution in [2.75, 3.05) is 0 Å². The van der Waals surface area contributed by atoms with Crippen LogP contribution < -0.4 is 5.32 Å². The summed E-state index contributed by atoms with van der Waals surface area (Å²) in [6, 6.07) is 8.00. The molecule has 6 heteroatoms. The highest BCUT2D eigenvalue weighted by molar-refractivity contribution is 9.10. The fraction of sp³-hybridized carbons (Fsp3) is 0.0714. The Hall–Kier alpha value is -1.46. The summed E-state index contributed by atoms with van der Waals surface area (Å²) in [4.78, 5) is 11.9. The Balaban J connectivity index is 2.06. The molecule has 2 nitrogen and oxygen atoms in total. The number of hydrogen-bond donors (Lipinski definition) is 1. The van der Waals surface area contributed by atoms with Gasteiger partial charge in [0.2, 0.25) is 0 Å².